The van der Waals surface area contributed by atoms with Crippen molar-refractivity contribution in [2.24, 2.45) is 0 Å². The Morgan fingerprint density at radius 3 is 2.05 bits per heavy atom. The van der Waals surface area contributed by atoms with Crippen LogP contribution < -0.4 is 14.4 Å². The van der Waals surface area contributed by atoms with Crippen LogP contribution in [0.2, 0.25) is 0 Å². The number of amides is 2. The monoisotopic (exact) mass is 537 g/mol. The van der Waals surface area contributed by atoms with Gasteiger partial charge in [0.05, 0.1) is 17.7 Å². The predicted molar refractivity (Wildman–Crippen MR) is 148 cm³/mol. The Balaban J connectivity index is 1.99. The quantitative estimate of drug-likeness (QED) is 0.397. The fourth-order valence-electron chi connectivity index (χ4n) is 3.88. The zero-order valence-electron chi connectivity index (χ0n) is 22.4. The van der Waals surface area contributed by atoms with E-state index >= 15 is 0 Å². The van der Waals surface area contributed by atoms with Crippen molar-refractivity contribution in [1.82, 2.24) is 10.2 Å². The largest absolute Gasteiger partial charge is 0.497 e. The highest BCUT2D eigenvalue weighted by Gasteiger charge is 2.32. The standard InChI is InChI=1S/C29H35N3O5S/c1-21(2)30-29(34)23(4)31(19-24-13-11-22(3)12-14-24)28(33)20-32(25-9-7-6-8-10-25)38(35,36)27-17-15-26(37-5)16-18-27/h6-18,21,23H,19-20H2,1-5H3,(H,30,34). The Labute approximate surface area is 225 Å². The zero-order chi connectivity index (χ0) is 27.9. The predicted octanol–water partition coefficient (Wildman–Crippen LogP) is 4.14. The van der Waals surface area contributed by atoms with Gasteiger partial charge in [0, 0.05) is 12.6 Å². The van der Waals surface area contributed by atoms with E-state index in [0.29, 0.717) is 11.4 Å². The summed E-state index contributed by atoms with van der Waals surface area (Å²) in [5.41, 5.74) is 2.24. The fraction of sp³-hybridized carbons (Fsp3) is 0.310. The van der Waals surface area contributed by atoms with Gasteiger partial charge in [0.1, 0.15) is 18.3 Å². The molecular weight excluding hydrogens is 502 g/mol. The lowest BCUT2D eigenvalue weighted by molar-refractivity contribution is -0.139. The third kappa shape index (κ3) is 7.13. The van der Waals surface area contributed by atoms with E-state index in [1.165, 1.54) is 24.1 Å². The topological polar surface area (TPSA) is 96.0 Å². The molecule has 1 N–H and O–H groups in total. The van der Waals surface area contributed by atoms with Crippen LogP contribution in [0.15, 0.2) is 83.8 Å². The molecule has 0 saturated carbocycles. The number of nitrogens with one attached hydrogen (secondary N) is 1. The van der Waals surface area contributed by atoms with Crippen molar-refractivity contribution in [3.63, 3.8) is 0 Å². The molecule has 0 aromatic heterocycles. The van der Waals surface area contributed by atoms with Crippen molar-refractivity contribution in [2.75, 3.05) is 18.0 Å². The van der Waals surface area contributed by atoms with Crippen LogP contribution in [-0.4, -0.2) is 50.9 Å². The summed E-state index contributed by atoms with van der Waals surface area (Å²) in [6, 6.07) is 21.2. The number of carbonyl (C=O) groups is 2. The molecule has 8 nitrogen and oxygen atoms in total. The number of methoxy groups -OCH3 is 1. The molecule has 0 saturated heterocycles. The van der Waals surface area contributed by atoms with Gasteiger partial charge < -0.3 is 15.0 Å². The summed E-state index contributed by atoms with van der Waals surface area (Å²) >= 11 is 0. The summed E-state index contributed by atoms with van der Waals surface area (Å²) in [6.07, 6.45) is 0. The number of para-hydroxylation sites is 1. The van der Waals surface area contributed by atoms with Crippen LogP contribution in [0.25, 0.3) is 0 Å². The molecule has 2 amide bonds. The Bertz CT molecular complexity index is 1320. The molecule has 0 aliphatic heterocycles. The molecule has 38 heavy (non-hydrogen) atoms. The number of hydrogen-bond donors (Lipinski definition) is 1. The smallest absolute Gasteiger partial charge is 0.264 e. The number of rotatable bonds is 11. The third-order valence-corrected chi connectivity index (χ3v) is 7.83. The number of benzene rings is 3. The first-order valence-electron chi connectivity index (χ1n) is 12.4. The van der Waals surface area contributed by atoms with E-state index in [1.54, 1.807) is 49.4 Å². The first-order valence-corrected chi connectivity index (χ1v) is 13.8. The lowest BCUT2D eigenvalue weighted by Gasteiger charge is -2.32. The maximum atomic E-state index is 13.8. The first kappa shape index (κ1) is 28.7. The number of ether oxygens (including phenoxy) is 1. The van der Waals surface area contributed by atoms with Crippen LogP contribution in [-0.2, 0) is 26.2 Å². The van der Waals surface area contributed by atoms with Gasteiger partial charge in [-0.25, -0.2) is 8.42 Å². The lowest BCUT2D eigenvalue weighted by Crippen LogP contribution is -2.52. The summed E-state index contributed by atoms with van der Waals surface area (Å²) < 4.78 is 33.8. The summed E-state index contributed by atoms with van der Waals surface area (Å²) in [4.78, 5) is 28.2. The van der Waals surface area contributed by atoms with Gasteiger partial charge in [-0.1, -0.05) is 48.0 Å². The van der Waals surface area contributed by atoms with Crippen LogP contribution in [0.4, 0.5) is 5.69 Å². The second-order valence-electron chi connectivity index (χ2n) is 9.37. The molecule has 0 radical (unpaired) electrons. The van der Waals surface area contributed by atoms with Gasteiger partial charge in [0.25, 0.3) is 10.0 Å². The minimum absolute atomic E-state index is 0.0191. The Morgan fingerprint density at radius 1 is 0.895 bits per heavy atom. The summed E-state index contributed by atoms with van der Waals surface area (Å²) in [5.74, 6) is -0.303. The van der Waals surface area contributed by atoms with Gasteiger partial charge >= 0.3 is 0 Å². The summed E-state index contributed by atoms with van der Waals surface area (Å²) in [6.45, 7) is 6.97. The molecule has 3 aromatic rings. The van der Waals surface area contributed by atoms with Crippen molar-refractivity contribution in [2.45, 2.75) is 51.2 Å². The van der Waals surface area contributed by atoms with Crippen molar-refractivity contribution in [3.8, 4) is 5.75 Å². The number of anilines is 1. The normalized spacial score (nSPS) is 12.1. The lowest BCUT2D eigenvalue weighted by atomic mass is 10.1. The van der Waals surface area contributed by atoms with Crippen LogP contribution >= 0.6 is 0 Å². The highest BCUT2D eigenvalue weighted by atomic mass is 32.2. The maximum absolute atomic E-state index is 13.8. The molecule has 202 valence electrons. The van der Waals surface area contributed by atoms with Gasteiger partial charge in [-0.2, -0.15) is 0 Å². The van der Waals surface area contributed by atoms with Crippen LogP contribution in [0.1, 0.15) is 31.9 Å². The Morgan fingerprint density at radius 2 is 1.50 bits per heavy atom. The number of hydrogen-bond acceptors (Lipinski definition) is 5. The molecule has 0 aliphatic carbocycles. The van der Waals surface area contributed by atoms with Crippen molar-refractivity contribution < 1.29 is 22.7 Å². The van der Waals surface area contributed by atoms with E-state index in [1.807, 2.05) is 45.0 Å². The van der Waals surface area contributed by atoms with Gasteiger partial charge in [0.2, 0.25) is 11.8 Å². The Hall–Kier alpha value is -3.85. The van der Waals surface area contributed by atoms with E-state index < -0.39 is 28.5 Å². The number of nitrogens with zero attached hydrogens (tertiary/aromatic N) is 2. The average molecular weight is 538 g/mol. The van der Waals surface area contributed by atoms with E-state index in [-0.39, 0.29) is 23.4 Å². The Kier molecular flexibility index (Phi) is 9.52. The van der Waals surface area contributed by atoms with Crippen LogP contribution in [0.5, 0.6) is 5.75 Å². The second-order valence-corrected chi connectivity index (χ2v) is 11.2. The van der Waals surface area contributed by atoms with Gasteiger partial charge in [-0.05, 0) is 69.7 Å². The van der Waals surface area contributed by atoms with E-state index in [9.17, 15) is 18.0 Å². The number of carbonyl (C=O) groups excluding carboxylic acids is 2. The molecule has 1 unspecified atom stereocenters. The van der Waals surface area contributed by atoms with Crippen molar-refractivity contribution >= 4 is 27.5 Å². The molecule has 0 aliphatic rings. The maximum Gasteiger partial charge on any atom is 0.264 e. The highest BCUT2D eigenvalue weighted by Crippen LogP contribution is 2.25. The first-order chi connectivity index (χ1) is 18.0. The van der Waals surface area contributed by atoms with E-state index in [0.717, 1.165) is 15.4 Å². The molecule has 1 atom stereocenters. The molecule has 0 fully saturated rings. The average Bonchev–Trinajstić information content (AvgIpc) is 2.90. The SMILES string of the molecule is COc1ccc(S(=O)(=O)N(CC(=O)N(Cc2ccc(C)cc2)C(C)C(=O)NC(C)C)c2ccccc2)cc1. The highest BCUT2D eigenvalue weighted by molar-refractivity contribution is 7.92. The molecular formula is C29H35N3O5S. The van der Waals surface area contributed by atoms with E-state index in [2.05, 4.69) is 5.32 Å². The van der Waals surface area contributed by atoms with Crippen molar-refractivity contribution in [3.05, 3.63) is 90.0 Å². The van der Waals surface area contributed by atoms with Crippen molar-refractivity contribution in [1.29, 1.82) is 0 Å². The van der Waals surface area contributed by atoms with E-state index in [4.69, 9.17) is 4.74 Å². The third-order valence-electron chi connectivity index (χ3n) is 6.04. The second kappa shape index (κ2) is 12.6. The minimum Gasteiger partial charge on any atom is -0.497 e. The molecule has 3 rings (SSSR count). The zero-order valence-corrected chi connectivity index (χ0v) is 23.2. The van der Waals surface area contributed by atoms with Crippen LogP contribution in [0.3, 0.4) is 0 Å². The van der Waals surface area contributed by atoms with Gasteiger partial charge in [0.15, 0.2) is 0 Å². The van der Waals surface area contributed by atoms with Crippen LogP contribution in [0, 0.1) is 6.92 Å². The fourth-order valence-corrected chi connectivity index (χ4v) is 5.29. The molecule has 9 heteroatoms. The molecule has 3 aromatic carbocycles. The molecule has 0 heterocycles. The van der Waals surface area contributed by atoms with Gasteiger partial charge in [-0.3, -0.25) is 13.9 Å². The number of sulfonamides is 1. The molecule has 0 spiro atoms. The van der Waals surface area contributed by atoms with Gasteiger partial charge in [-0.15, -0.1) is 0 Å². The minimum atomic E-state index is -4.12. The summed E-state index contributed by atoms with van der Waals surface area (Å²) in [7, 11) is -2.62. The summed E-state index contributed by atoms with van der Waals surface area (Å²) in [5, 5.41) is 2.85. The number of aryl methyl sites for hydroxylation is 1. The molecule has 0 bridgehead atoms.